The van der Waals surface area contributed by atoms with Gasteiger partial charge >= 0.3 is 0 Å². The van der Waals surface area contributed by atoms with Crippen LogP contribution in [0.4, 0.5) is 0 Å². The van der Waals surface area contributed by atoms with Gasteiger partial charge in [0.25, 0.3) is 5.91 Å². The summed E-state index contributed by atoms with van der Waals surface area (Å²) in [5.74, 6) is 0.609. The van der Waals surface area contributed by atoms with Crippen LogP contribution in [-0.4, -0.2) is 55.9 Å². The zero-order valence-corrected chi connectivity index (χ0v) is 16.0. The molecule has 1 saturated heterocycles. The Hall–Kier alpha value is -1.85. The Morgan fingerprint density at radius 3 is 2.77 bits per heavy atom. The van der Waals surface area contributed by atoms with Gasteiger partial charge < -0.3 is 19.1 Å². The van der Waals surface area contributed by atoms with E-state index in [9.17, 15) is 4.79 Å². The Morgan fingerprint density at radius 2 is 2.08 bits per heavy atom. The van der Waals surface area contributed by atoms with Crippen LogP contribution in [0.5, 0.6) is 5.75 Å². The lowest BCUT2D eigenvalue weighted by Gasteiger charge is -2.43. The monoisotopic (exact) mass is 359 g/mol. The molecular formula is C21H29NO4. The average Bonchev–Trinajstić information content (AvgIpc) is 3.05. The van der Waals surface area contributed by atoms with Gasteiger partial charge in [-0.25, -0.2) is 0 Å². The second kappa shape index (κ2) is 7.80. The second-order valence-electron chi connectivity index (χ2n) is 7.41. The van der Waals surface area contributed by atoms with Gasteiger partial charge in [-0.05, 0) is 50.3 Å². The zero-order valence-electron chi connectivity index (χ0n) is 16.0. The minimum atomic E-state index is -0.252. The van der Waals surface area contributed by atoms with Gasteiger partial charge in [-0.15, -0.1) is 0 Å². The fraction of sp³-hybridized carbons (Fsp3) is 0.571. The molecule has 142 valence electrons. The van der Waals surface area contributed by atoms with Crippen molar-refractivity contribution in [2.45, 2.75) is 50.4 Å². The first kappa shape index (κ1) is 18.9. The molecule has 1 amide bonds. The van der Waals surface area contributed by atoms with Gasteiger partial charge in [0.1, 0.15) is 12.4 Å². The minimum Gasteiger partial charge on any atom is -0.488 e. The largest absolute Gasteiger partial charge is 0.488 e. The maximum atomic E-state index is 13.3. The van der Waals surface area contributed by atoms with Crippen molar-refractivity contribution in [3.8, 4) is 5.75 Å². The number of benzene rings is 1. The number of ether oxygens (including phenoxy) is 3. The molecule has 1 aromatic rings. The van der Waals surface area contributed by atoms with E-state index in [1.807, 2.05) is 36.1 Å². The molecule has 0 N–H and O–H groups in total. The lowest BCUT2D eigenvalue weighted by atomic mass is 9.79. The molecule has 5 nitrogen and oxygen atoms in total. The molecule has 1 aliphatic carbocycles. The molecule has 1 aliphatic heterocycles. The number of para-hydroxylation sites is 1. The third-order valence-electron chi connectivity index (χ3n) is 5.73. The van der Waals surface area contributed by atoms with Crippen LogP contribution in [0.15, 0.2) is 36.4 Å². The normalized spacial score (nSPS) is 27.9. The molecule has 2 fully saturated rings. The van der Waals surface area contributed by atoms with Crippen LogP contribution in [0.2, 0.25) is 0 Å². The van der Waals surface area contributed by atoms with Crippen molar-refractivity contribution in [1.82, 2.24) is 4.90 Å². The van der Waals surface area contributed by atoms with Gasteiger partial charge in [0.15, 0.2) is 0 Å². The average molecular weight is 359 g/mol. The zero-order chi connectivity index (χ0) is 18.7. The molecule has 0 bridgehead atoms. The summed E-state index contributed by atoms with van der Waals surface area (Å²) in [6.45, 7) is 6.87. The quantitative estimate of drug-likeness (QED) is 0.730. The number of methoxy groups -OCH3 is 2. The fourth-order valence-electron chi connectivity index (χ4n) is 4.24. The van der Waals surface area contributed by atoms with Gasteiger partial charge in [0, 0.05) is 20.8 Å². The standard InChI is InChI=1S/C21H29NO4/c1-15(2)14-26-18-8-6-5-7-17(18)20(23)22-12-11-21(25-4)10-9-16(24-3)13-19(21)22/h5-8,16,19H,1,9-14H2,2-4H3/t16-,19+,21-/m1/s1. The number of carbonyl (C=O) groups is 1. The maximum Gasteiger partial charge on any atom is 0.257 e. The van der Waals surface area contributed by atoms with Crippen molar-refractivity contribution in [3.63, 3.8) is 0 Å². The predicted molar refractivity (Wildman–Crippen MR) is 101 cm³/mol. The molecule has 1 saturated carbocycles. The van der Waals surface area contributed by atoms with Gasteiger partial charge in [-0.1, -0.05) is 18.7 Å². The first-order valence-electron chi connectivity index (χ1n) is 9.26. The Labute approximate surface area is 155 Å². The molecule has 0 spiro atoms. The van der Waals surface area contributed by atoms with Crippen LogP contribution in [0.3, 0.4) is 0 Å². The summed E-state index contributed by atoms with van der Waals surface area (Å²) in [5, 5.41) is 0. The van der Waals surface area contributed by atoms with Crippen molar-refractivity contribution < 1.29 is 19.0 Å². The Morgan fingerprint density at radius 1 is 1.31 bits per heavy atom. The number of hydrogen-bond acceptors (Lipinski definition) is 4. The number of carbonyl (C=O) groups excluding carboxylic acids is 1. The van der Waals surface area contributed by atoms with E-state index in [-0.39, 0.29) is 23.7 Å². The lowest BCUT2D eigenvalue weighted by Crippen LogP contribution is -2.53. The van der Waals surface area contributed by atoms with E-state index in [1.165, 1.54) is 0 Å². The van der Waals surface area contributed by atoms with Gasteiger partial charge in [-0.3, -0.25) is 4.79 Å². The van der Waals surface area contributed by atoms with Gasteiger partial charge in [-0.2, -0.15) is 0 Å². The molecule has 1 aromatic carbocycles. The molecule has 3 atom stereocenters. The smallest absolute Gasteiger partial charge is 0.257 e. The summed E-state index contributed by atoms with van der Waals surface area (Å²) >= 11 is 0. The molecule has 26 heavy (non-hydrogen) atoms. The molecule has 5 heteroatoms. The van der Waals surface area contributed by atoms with Crippen molar-refractivity contribution in [1.29, 1.82) is 0 Å². The number of likely N-dealkylation sites (tertiary alicyclic amines) is 1. The van der Waals surface area contributed by atoms with Crippen LogP contribution in [0.1, 0.15) is 43.0 Å². The number of amides is 1. The highest BCUT2D eigenvalue weighted by atomic mass is 16.5. The van der Waals surface area contributed by atoms with E-state index in [2.05, 4.69) is 6.58 Å². The second-order valence-corrected chi connectivity index (χ2v) is 7.41. The van der Waals surface area contributed by atoms with E-state index in [1.54, 1.807) is 14.2 Å². The maximum absolute atomic E-state index is 13.3. The molecule has 0 radical (unpaired) electrons. The summed E-state index contributed by atoms with van der Waals surface area (Å²) in [6, 6.07) is 7.47. The molecule has 3 rings (SSSR count). The van der Waals surface area contributed by atoms with E-state index in [0.717, 1.165) is 31.3 Å². The van der Waals surface area contributed by atoms with Crippen LogP contribution in [0, 0.1) is 0 Å². The van der Waals surface area contributed by atoms with Crippen LogP contribution in [0.25, 0.3) is 0 Å². The number of fused-ring (bicyclic) bond motifs is 1. The van der Waals surface area contributed by atoms with E-state index in [4.69, 9.17) is 14.2 Å². The number of rotatable bonds is 6. The van der Waals surface area contributed by atoms with Gasteiger partial charge in [0.05, 0.1) is 23.3 Å². The first-order valence-corrected chi connectivity index (χ1v) is 9.26. The highest BCUT2D eigenvalue weighted by Gasteiger charge is 2.52. The highest BCUT2D eigenvalue weighted by Crippen LogP contribution is 2.44. The highest BCUT2D eigenvalue weighted by molar-refractivity contribution is 5.97. The molecule has 1 heterocycles. The summed E-state index contributed by atoms with van der Waals surface area (Å²) in [4.78, 5) is 15.3. The Bertz CT molecular complexity index is 674. The number of hydrogen-bond donors (Lipinski definition) is 0. The molecule has 0 unspecified atom stereocenters. The van der Waals surface area contributed by atoms with Crippen molar-refractivity contribution in [3.05, 3.63) is 42.0 Å². The number of nitrogens with zero attached hydrogens (tertiary/aromatic N) is 1. The van der Waals surface area contributed by atoms with Crippen LogP contribution >= 0.6 is 0 Å². The van der Waals surface area contributed by atoms with E-state index in [0.29, 0.717) is 24.5 Å². The third kappa shape index (κ3) is 3.51. The molecule has 0 aromatic heterocycles. The summed E-state index contributed by atoms with van der Waals surface area (Å²) in [5.41, 5.74) is 1.26. The fourth-order valence-corrected chi connectivity index (χ4v) is 4.24. The van der Waals surface area contributed by atoms with Crippen molar-refractivity contribution >= 4 is 5.91 Å². The third-order valence-corrected chi connectivity index (χ3v) is 5.73. The van der Waals surface area contributed by atoms with Crippen molar-refractivity contribution in [2.24, 2.45) is 0 Å². The van der Waals surface area contributed by atoms with Crippen LogP contribution < -0.4 is 4.74 Å². The summed E-state index contributed by atoms with van der Waals surface area (Å²) in [7, 11) is 3.50. The predicted octanol–water partition coefficient (Wildman–Crippen LogP) is 3.44. The SMILES string of the molecule is C=C(C)COc1ccccc1C(=O)N1CC[C@]2(OC)CC[C@@H](OC)C[C@H]12. The van der Waals surface area contributed by atoms with Crippen LogP contribution in [-0.2, 0) is 9.47 Å². The van der Waals surface area contributed by atoms with Gasteiger partial charge in [0.2, 0.25) is 0 Å². The summed E-state index contributed by atoms with van der Waals surface area (Å²) < 4.78 is 17.3. The van der Waals surface area contributed by atoms with Crippen molar-refractivity contribution in [2.75, 3.05) is 27.4 Å². The van der Waals surface area contributed by atoms with E-state index < -0.39 is 0 Å². The van der Waals surface area contributed by atoms with E-state index >= 15 is 0 Å². The summed E-state index contributed by atoms with van der Waals surface area (Å²) in [6.07, 6.45) is 3.74. The lowest BCUT2D eigenvalue weighted by molar-refractivity contribution is -0.0893. The Kier molecular flexibility index (Phi) is 5.68. The molecular weight excluding hydrogens is 330 g/mol. The Balaban J connectivity index is 1.85. The topological polar surface area (TPSA) is 48.0 Å². The molecule has 2 aliphatic rings. The minimum absolute atomic E-state index is 0.00277. The first-order chi connectivity index (χ1) is 12.5.